The van der Waals surface area contributed by atoms with E-state index in [0.29, 0.717) is 25.1 Å². The van der Waals surface area contributed by atoms with Crippen LogP contribution in [0.2, 0.25) is 0 Å². The molecule has 2 fully saturated rings. The fourth-order valence-corrected chi connectivity index (χ4v) is 4.94. The van der Waals surface area contributed by atoms with E-state index in [1.54, 1.807) is 12.1 Å². The zero-order valence-electron chi connectivity index (χ0n) is 15.4. The standard InChI is InChI=1S/C22H26FNO2/c1-14-9-15(2)21(25)16(10-14)13-24-19-7-8-20(24)12-22(26,11-19)17-3-5-18(23)6-4-17/h3-6,9-10,19-20,25-26H,7-8,11-13H2,1-2H3/t19-,20-/m0/s1. The molecule has 2 heterocycles. The molecule has 3 nitrogen and oxygen atoms in total. The van der Waals surface area contributed by atoms with E-state index in [2.05, 4.69) is 11.0 Å². The number of piperidine rings is 1. The predicted octanol–water partition coefficient (Wildman–Crippen LogP) is 4.16. The monoisotopic (exact) mass is 355 g/mol. The number of fused-ring (bicyclic) bond motifs is 2. The Hall–Kier alpha value is -1.91. The van der Waals surface area contributed by atoms with Crippen molar-refractivity contribution in [2.45, 2.75) is 63.8 Å². The quantitative estimate of drug-likeness (QED) is 0.869. The van der Waals surface area contributed by atoms with E-state index in [0.717, 1.165) is 35.1 Å². The number of phenols is 1. The van der Waals surface area contributed by atoms with Gasteiger partial charge in [0.15, 0.2) is 0 Å². The smallest absolute Gasteiger partial charge is 0.123 e. The van der Waals surface area contributed by atoms with Gasteiger partial charge < -0.3 is 10.2 Å². The van der Waals surface area contributed by atoms with Crippen molar-refractivity contribution in [1.82, 2.24) is 4.90 Å². The lowest BCUT2D eigenvalue weighted by Gasteiger charge is -2.44. The Balaban J connectivity index is 1.57. The Kier molecular flexibility index (Phi) is 4.28. The second-order valence-corrected chi connectivity index (χ2v) is 8.09. The number of aryl methyl sites for hydroxylation is 2. The molecular formula is C22H26FNO2. The Bertz CT molecular complexity index is 804. The summed E-state index contributed by atoms with van der Waals surface area (Å²) >= 11 is 0. The molecule has 0 saturated carbocycles. The molecule has 2 aromatic rings. The van der Waals surface area contributed by atoms with Crippen LogP contribution >= 0.6 is 0 Å². The van der Waals surface area contributed by atoms with Gasteiger partial charge in [0.2, 0.25) is 0 Å². The number of hydrogen-bond donors (Lipinski definition) is 2. The molecule has 0 aliphatic carbocycles. The van der Waals surface area contributed by atoms with E-state index in [-0.39, 0.29) is 17.9 Å². The molecule has 2 N–H and O–H groups in total. The van der Waals surface area contributed by atoms with Crippen LogP contribution < -0.4 is 0 Å². The highest BCUT2D eigenvalue weighted by atomic mass is 19.1. The fraction of sp³-hybridized carbons (Fsp3) is 0.455. The van der Waals surface area contributed by atoms with Crippen LogP contribution in [0.5, 0.6) is 5.75 Å². The predicted molar refractivity (Wildman–Crippen MR) is 99.5 cm³/mol. The second kappa shape index (κ2) is 6.36. The molecule has 0 radical (unpaired) electrons. The van der Waals surface area contributed by atoms with Crippen LogP contribution in [0.4, 0.5) is 4.39 Å². The zero-order chi connectivity index (χ0) is 18.5. The summed E-state index contributed by atoms with van der Waals surface area (Å²) in [5.41, 5.74) is 2.95. The number of rotatable bonds is 3. The van der Waals surface area contributed by atoms with Crippen molar-refractivity contribution in [2.75, 3.05) is 0 Å². The third-order valence-electron chi connectivity index (χ3n) is 6.18. The minimum atomic E-state index is -0.888. The van der Waals surface area contributed by atoms with E-state index < -0.39 is 5.60 Å². The van der Waals surface area contributed by atoms with Gasteiger partial charge in [-0.2, -0.15) is 0 Å². The molecule has 2 saturated heterocycles. The van der Waals surface area contributed by atoms with Crippen LogP contribution in [0.15, 0.2) is 36.4 Å². The topological polar surface area (TPSA) is 43.7 Å². The maximum Gasteiger partial charge on any atom is 0.123 e. The molecule has 0 aromatic heterocycles. The van der Waals surface area contributed by atoms with Crippen molar-refractivity contribution < 1.29 is 14.6 Å². The molecule has 26 heavy (non-hydrogen) atoms. The first kappa shape index (κ1) is 17.5. The summed E-state index contributed by atoms with van der Waals surface area (Å²) in [7, 11) is 0. The highest BCUT2D eigenvalue weighted by molar-refractivity contribution is 5.42. The largest absolute Gasteiger partial charge is 0.507 e. The first-order valence-electron chi connectivity index (χ1n) is 9.39. The molecule has 2 atom stereocenters. The van der Waals surface area contributed by atoms with E-state index in [1.165, 1.54) is 12.1 Å². The van der Waals surface area contributed by atoms with Gasteiger partial charge >= 0.3 is 0 Å². The van der Waals surface area contributed by atoms with Gasteiger partial charge in [0, 0.05) is 24.2 Å². The molecular weight excluding hydrogens is 329 g/mol. The summed E-state index contributed by atoms with van der Waals surface area (Å²) in [5, 5.41) is 21.7. The zero-order valence-corrected chi connectivity index (χ0v) is 15.4. The van der Waals surface area contributed by atoms with Crippen molar-refractivity contribution in [2.24, 2.45) is 0 Å². The van der Waals surface area contributed by atoms with Crippen LogP contribution in [-0.4, -0.2) is 27.2 Å². The number of nitrogens with zero attached hydrogens (tertiary/aromatic N) is 1. The maximum atomic E-state index is 13.2. The minimum Gasteiger partial charge on any atom is -0.507 e. The van der Waals surface area contributed by atoms with Gasteiger partial charge in [-0.3, -0.25) is 4.90 Å². The van der Waals surface area contributed by atoms with Crippen LogP contribution in [0.25, 0.3) is 0 Å². The molecule has 138 valence electrons. The van der Waals surface area contributed by atoms with Gasteiger partial charge in [0.05, 0.1) is 5.60 Å². The summed E-state index contributed by atoms with van der Waals surface area (Å²) in [6.45, 7) is 4.70. The summed E-state index contributed by atoms with van der Waals surface area (Å²) in [6, 6.07) is 10.9. The lowest BCUT2D eigenvalue weighted by molar-refractivity contribution is -0.0596. The number of phenolic OH excluding ortho intramolecular Hbond substituents is 1. The Morgan fingerprint density at radius 2 is 1.69 bits per heavy atom. The van der Waals surface area contributed by atoms with Crippen molar-refractivity contribution >= 4 is 0 Å². The number of aromatic hydroxyl groups is 1. The summed E-state index contributed by atoms with van der Waals surface area (Å²) in [6.07, 6.45) is 3.42. The van der Waals surface area contributed by atoms with Crippen molar-refractivity contribution in [3.8, 4) is 5.75 Å². The van der Waals surface area contributed by atoms with Gasteiger partial charge in [-0.05, 0) is 62.8 Å². The van der Waals surface area contributed by atoms with Crippen LogP contribution in [-0.2, 0) is 12.1 Å². The van der Waals surface area contributed by atoms with E-state index in [9.17, 15) is 14.6 Å². The lowest BCUT2D eigenvalue weighted by atomic mass is 9.80. The minimum absolute atomic E-state index is 0.275. The first-order chi connectivity index (χ1) is 12.4. The molecule has 2 aliphatic heterocycles. The summed E-state index contributed by atoms with van der Waals surface area (Å²) < 4.78 is 13.2. The molecule has 0 amide bonds. The van der Waals surface area contributed by atoms with Crippen LogP contribution in [0, 0.1) is 19.7 Å². The number of halogens is 1. The van der Waals surface area contributed by atoms with Gasteiger partial charge in [-0.25, -0.2) is 4.39 Å². The number of benzene rings is 2. The Morgan fingerprint density at radius 1 is 1.08 bits per heavy atom. The summed E-state index contributed by atoms with van der Waals surface area (Å²) in [5.74, 6) is 0.109. The first-order valence-corrected chi connectivity index (χ1v) is 9.39. The molecule has 4 heteroatoms. The molecule has 4 rings (SSSR count). The SMILES string of the molecule is Cc1cc(C)c(O)c(CN2[C@H]3CC[C@H]2CC(O)(c2ccc(F)cc2)C3)c1. The molecule has 0 spiro atoms. The fourth-order valence-electron chi connectivity index (χ4n) is 4.94. The van der Waals surface area contributed by atoms with Crippen molar-refractivity contribution in [1.29, 1.82) is 0 Å². The normalized spacial score (nSPS) is 28.5. The molecule has 2 aromatic carbocycles. The maximum absolute atomic E-state index is 13.2. The summed E-state index contributed by atoms with van der Waals surface area (Å²) in [4.78, 5) is 2.44. The van der Waals surface area contributed by atoms with Crippen molar-refractivity contribution in [3.05, 3.63) is 64.5 Å². The Morgan fingerprint density at radius 3 is 2.31 bits per heavy atom. The van der Waals surface area contributed by atoms with E-state index in [4.69, 9.17) is 0 Å². The lowest BCUT2D eigenvalue weighted by Crippen LogP contribution is -2.49. The number of aliphatic hydroxyl groups is 1. The third-order valence-corrected chi connectivity index (χ3v) is 6.18. The van der Waals surface area contributed by atoms with Gasteiger partial charge in [0.25, 0.3) is 0 Å². The van der Waals surface area contributed by atoms with Crippen molar-refractivity contribution in [3.63, 3.8) is 0 Å². The third kappa shape index (κ3) is 3.01. The number of hydrogen-bond acceptors (Lipinski definition) is 3. The average Bonchev–Trinajstić information content (AvgIpc) is 2.83. The van der Waals surface area contributed by atoms with E-state index in [1.807, 2.05) is 19.9 Å². The molecule has 0 unspecified atom stereocenters. The van der Waals surface area contributed by atoms with Gasteiger partial charge in [0.1, 0.15) is 11.6 Å². The van der Waals surface area contributed by atoms with Gasteiger partial charge in [-0.1, -0.05) is 29.8 Å². The van der Waals surface area contributed by atoms with E-state index >= 15 is 0 Å². The second-order valence-electron chi connectivity index (χ2n) is 8.09. The van der Waals surface area contributed by atoms with Crippen LogP contribution in [0.3, 0.4) is 0 Å². The van der Waals surface area contributed by atoms with Crippen LogP contribution in [0.1, 0.15) is 47.9 Å². The molecule has 2 bridgehead atoms. The molecule has 2 aliphatic rings. The Labute approximate surface area is 154 Å². The highest BCUT2D eigenvalue weighted by Gasteiger charge is 2.48. The highest BCUT2D eigenvalue weighted by Crippen LogP contribution is 2.46. The van der Waals surface area contributed by atoms with Gasteiger partial charge in [-0.15, -0.1) is 0 Å². The average molecular weight is 355 g/mol.